The highest BCUT2D eigenvalue weighted by molar-refractivity contribution is 9.10. The zero-order valence-corrected chi connectivity index (χ0v) is 11.1. The quantitative estimate of drug-likeness (QED) is 0.878. The summed E-state index contributed by atoms with van der Waals surface area (Å²) in [6.07, 6.45) is 1.06. The molecule has 2 nitrogen and oxygen atoms in total. The Morgan fingerprint density at radius 2 is 2.33 bits per heavy atom. The number of nitrogens with one attached hydrogen (secondary N) is 1. The van der Waals surface area contributed by atoms with E-state index >= 15 is 0 Å². The molecule has 2 unspecified atom stereocenters. The van der Waals surface area contributed by atoms with Gasteiger partial charge < -0.3 is 11.1 Å². The lowest BCUT2D eigenvalue weighted by molar-refractivity contribution is 0.672. The van der Waals surface area contributed by atoms with E-state index in [9.17, 15) is 0 Å². The molecule has 1 aliphatic rings. The second-order valence-corrected chi connectivity index (χ2v) is 5.92. The third-order valence-electron chi connectivity index (χ3n) is 2.63. The van der Waals surface area contributed by atoms with Crippen LogP contribution in [-0.4, -0.2) is 17.8 Å². The van der Waals surface area contributed by atoms with Crippen molar-refractivity contribution in [2.45, 2.75) is 29.5 Å². The lowest BCUT2D eigenvalue weighted by Gasteiger charge is -2.32. The maximum absolute atomic E-state index is 5.62. The highest BCUT2D eigenvalue weighted by Gasteiger charge is 2.25. The minimum atomic E-state index is 0.477. The van der Waals surface area contributed by atoms with Crippen LogP contribution in [0.4, 0.5) is 5.69 Å². The van der Waals surface area contributed by atoms with E-state index in [1.807, 2.05) is 11.8 Å². The molecular weight excluding hydrogens is 272 g/mol. The van der Waals surface area contributed by atoms with E-state index in [2.05, 4.69) is 46.4 Å². The van der Waals surface area contributed by atoms with E-state index in [-0.39, 0.29) is 0 Å². The van der Waals surface area contributed by atoms with Gasteiger partial charge in [0.15, 0.2) is 0 Å². The average molecular weight is 287 g/mol. The first-order chi connectivity index (χ1) is 7.22. The van der Waals surface area contributed by atoms with Gasteiger partial charge in [-0.05, 0) is 48.0 Å². The number of hydrogen-bond donors (Lipinski definition) is 2. The summed E-state index contributed by atoms with van der Waals surface area (Å²) in [4.78, 5) is 1.32. The number of halogens is 1. The van der Waals surface area contributed by atoms with Gasteiger partial charge in [0.2, 0.25) is 0 Å². The minimum Gasteiger partial charge on any atom is -0.380 e. The molecule has 0 saturated heterocycles. The van der Waals surface area contributed by atoms with Crippen LogP contribution in [0, 0.1) is 0 Å². The van der Waals surface area contributed by atoms with Crippen LogP contribution < -0.4 is 11.1 Å². The second kappa shape index (κ2) is 4.76. The van der Waals surface area contributed by atoms with Gasteiger partial charge in [-0.2, -0.15) is 0 Å². The molecule has 15 heavy (non-hydrogen) atoms. The molecule has 82 valence electrons. The Bertz CT molecular complexity index is 356. The maximum atomic E-state index is 5.62. The SMILES string of the molecule is CC1Nc2c(Br)cccc2SC1CCN. The van der Waals surface area contributed by atoms with E-state index in [4.69, 9.17) is 5.73 Å². The van der Waals surface area contributed by atoms with Crippen molar-refractivity contribution in [1.82, 2.24) is 0 Å². The van der Waals surface area contributed by atoms with Crippen LogP contribution in [0.25, 0.3) is 0 Å². The Hall–Kier alpha value is -0.190. The third kappa shape index (κ3) is 2.32. The van der Waals surface area contributed by atoms with Gasteiger partial charge in [-0.15, -0.1) is 11.8 Å². The number of nitrogens with two attached hydrogens (primary N) is 1. The molecule has 0 bridgehead atoms. The van der Waals surface area contributed by atoms with Crippen molar-refractivity contribution < 1.29 is 0 Å². The van der Waals surface area contributed by atoms with Crippen molar-refractivity contribution in [3.8, 4) is 0 Å². The molecule has 2 atom stereocenters. The molecule has 0 aliphatic carbocycles. The van der Waals surface area contributed by atoms with Crippen LogP contribution in [0.1, 0.15) is 13.3 Å². The first kappa shape index (κ1) is 11.3. The van der Waals surface area contributed by atoms with Gasteiger partial charge in [0.1, 0.15) is 0 Å². The zero-order chi connectivity index (χ0) is 10.8. The Balaban J connectivity index is 2.25. The van der Waals surface area contributed by atoms with Crippen molar-refractivity contribution in [2.75, 3.05) is 11.9 Å². The fraction of sp³-hybridized carbons (Fsp3) is 0.455. The molecule has 0 aromatic heterocycles. The fourth-order valence-electron chi connectivity index (χ4n) is 1.80. The first-order valence-corrected chi connectivity index (χ1v) is 6.81. The highest BCUT2D eigenvalue weighted by Crippen LogP contribution is 2.42. The van der Waals surface area contributed by atoms with Crippen LogP contribution in [0.3, 0.4) is 0 Å². The summed E-state index contributed by atoms with van der Waals surface area (Å²) < 4.78 is 1.14. The average Bonchev–Trinajstić information content (AvgIpc) is 2.21. The summed E-state index contributed by atoms with van der Waals surface area (Å²) in [7, 11) is 0. The highest BCUT2D eigenvalue weighted by atomic mass is 79.9. The van der Waals surface area contributed by atoms with Gasteiger partial charge in [0.05, 0.1) is 5.69 Å². The molecule has 0 fully saturated rings. The Morgan fingerprint density at radius 1 is 1.53 bits per heavy atom. The Morgan fingerprint density at radius 3 is 3.07 bits per heavy atom. The van der Waals surface area contributed by atoms with Crippen molar-refractivity contribution in [2.24, 2.45) is 5.73 Å². The van der Waals surface area contributed by atoms with Crippen LogP contribution in [0.2, 0.25) is 0 Å². The second-order valence-electron chi connectivity index (χ2n) is 3.78. The third-order valence-corrected chi connectivity index (χ3v) is 4.84. The summed E-state index contributed by atoms with van der Waals surface area (Å²) in [5.41, 5.74) is 6.85. The summed E-state index contributed by atoms with van der Waals surface area (Å²) in [6.45, 7) is 2.97. The number of anilines is 1. The van der Waals surface area contributed by atoms with Crippen LogP contribution in [-0.2, 0) is 0 Å². The molecule has 0 amide bonds. The minimum absolute atomic E-state index is 0.477. The van der Waals surface area contributed by atoms with Crippen LogP contribution >= 0.6 is 27.7 Å². The largest absolute Gasteiger partial charge is 0.380 e. The van der Waals surface area contributed by atoms with Gasteiger partial charge in [-0.1, -0.05) is 6.07 Å². The van der Waals surface area contributed by atoms with Gasteiger partial charge in [0, 0.05) is 20.7 Å². The zero-order valence-electron chi connectivity index (χ0n) is 8.66. The number of hydrogen-bond acceptors (Lipinski definition) is 3. The number of para-hydroxylation sites is 1. The van der Waals surface area contributed by atoms with Gasteiger partial charge in [-0.25, -0.2) is 0 Å². The lowest BCUT2D eigenvalue weighted by atomic mass is 10.1. The summed E-state index contributed by atoms with van der Waals surface area (Å²) in [6, 6.07) is 6.78. The molecule has 2 rings (SSSR count). The van der Waals surface area contributed by atoms with E-state index in [1.165, 1.54) is 10.6 Å². The summed E-state index contributed by atoms with van der Waals surface area (Å²) >= 11 is 5.50. The normalized spacial score (nSPS) is 24.5. The monoisotopic (exact) mass is 286 g/mol. The molecule has 3 N–H and O–H groups in total. The van der Waals surface area contributed by atoms with Crippen LogP contribution in [0.5, 0.6) is 0 Å². The number of rotatable bonds is 2. The predicted molar refractivity (Wildman–Crippen MR) is 70.5 cm³/mol. The van der Waals surface area contributed by atoms with E-state index in [0.29, 0.717) is 11.3 Å². The number of thioether (sulfide) groups is 1. The van der Waals surface area contributed by atoms with Crippen molar-refractivity contribution >= 4 is 33.4 Å². The standard InChI is InChI=1S/C11H15BrN2S/c1-7-9(5-6-13)15-10-4-2-3-8(12)11(10)14-7/h2-4,7,9,14H,5-6,13H2,1H3. The molecule has 1 heterocycles. The van der Waals surface area contributed by atoms with Gasteiger partial charge in [-0.3, -0.25) is 0 Å². The Kier molecular flexibility index (Phi) is 3.59. The maximum Gasteiger partial charge on any atom is 0.0625 e. The Labute approximate surface area is 103 Å². The predicted octanol–water partition coefficient (Wildman–Crippen LogP) is 3.07. The van der Waals surface area contributed by atoms with E-state index < -0.39 is 0 Å². The number of fused-ring (bicyclic) bond motifs is 1. The topological polar surface area (TPSA) is 38.0 Å². The van der Waals surface area contributed by atoms with Gasteiger partial charge in [0.25, 0.3) is 0 Å². The first-order valence-electron chi connectivity index (χ1n) is 5.14. The van der Waals surface area contributed by atoms with Crippen molar-refractivity contribution in [1.29, 1.82) is 0 Å². The van der Waals surface area contributed by atoms with E-state index in [0.717, 1.165) is 17.4 Å². The molecule has 1 aromatic rings. The molecule has 4 heteroatoms. The molecule has 0 radical (unpaired) electrons. The smallest absolute Gasteiger partial charge is 0.0625 e. The lowest BCUT2D eigenvalue weighted by Crippen LogP contribution is -2.33. The van der Waals surface area contributed by atoms with Crippen molar-refractivity contribution in [3.05, 3.63) is 22.7 Å². The van der Waals surface area contributed by atoms with Gasteiger partial charge >= 0.3 is 0 Å². The fourth-order valence-corrected chi connectivity index (χ4v) is 3.71. The van der Waals surface area contributed by atoms with Crippen molar-refractivity contribution in [3.63, 3.8) is 0 Å². The van der Waals surface area contributed by atoms with E-state index in [1.54, 1.807) is 0 Å². The molecule has 1 aromatic carbocycles. The molecular formula is C11H15BrN2S. The van der Waals surface area contributed by atoms with Crippen LogP contribution in [0.15, 0.2) is 27.6 Å². The summed E-state index contributed by atoms with van der Waals surface area (Å²) in [5, 5.41) is 4.12. The molecule has 1 aliphatic heterocycles. The summed E-state index contributed by atoms with van der Waals surface area (Å²) in [5.74, 6) is 0. The molecule has 0 saturated carbocycles. The number of benzene rings is 1. The molecule has 0 spiro atoms.